The molecule has 0 atom stereocenters. The van der Waals surface area contributed by atoms with Crippen molar-refractivity contribution in [3.63, 3.8) is 0 Å². The van der Waals surface area contributed by atoms with Gasteiger partial charge in [0.05, 0.1) is 6.42 Å². The minimum absolute atomic E-state index is 0.0401. The Labute approximate surface area is 142 Å². The molecule has 2 amide bonds. The van der Waals surface area contributed by atoms with Crippen LogP contribution in [0.2, 0.25) is 0 Å². The Morgan fingerprint density at radius 2 is 1.79 bits per heavy atom. The van der Waals surface area contributed by atoms with Crippen LogP contribution in [0.15, 0.2) is 48.5 Å². The van der Waals surface area contributed by atoms with Gasteiger partial charge < -0.3 is 15.0 Å². The molecule has 0 aliphatic carbocycles. The third-order valence-corrected chi connectivity index (χ3v) is 3.45. The number of carbonyl (C=O) groups excluding carboxylic acids is 2. The van der Waals surface area contributed by atoms with Gasteiger partial charge in [0, 0.05) is 19.8 Å². The van der Waals surface area contributed by atoms with E-state index in [0.29, 0.717) is 17.9 Å². The summed E-state index contributed by atoms with van der Waals surface area (Å²) in [5.41, 5.74) is 2.66. The van der Waals surface area contributed by atoms with Crippen molar-refractivity contribution < 1.29 is 14.3 Å². The van der Waals surface area contributed by atoms with Gasteiger partial charge in [-0.05, 0) is 42.3 Å². The minimum atomic E-state index is -0.228. The second-order valence-electron chi connectivity index (χ2n) is 5.82. The van der Waals surface area contributed by atoms with Crippen molar-refractivity contribution in [1.82, 2.24) is 4.90 Å². The molecule has 0 radical (unpaired) electrons. The summed E-state index contributed by atoms with van der Waals surface area (Å²) >= 11 is 0. The van der Waals surface area contributed by atoms with E-state index in [0.717, 1.165) is 11.1 Å². The SMILES string of the molecule is Cc1cccc(OCC(=O)Nc2ccc(CC(=O)N(C)C)cc2)c1. The number of hydrogen-bond donors (Lipinski definition) is 1. The smallest absolute Gasteiger partial charge is 0.262 e. The molecule has 2 aromatic carbocycles. The highest BCUT2D eigenvalue weighted by Gasteiger charge is 2.07. The lowest BCUT2D eigenvalue weighted by atomic mass is 10.1. The Bertz CT molecular complexity index is 709. The van der Waals surface area contributed by atoms with Gasteiger partial charge in [-0.3, -0.25) is 9.59 Å². The van der Waals surface area contributed by atoms with Crippen LogP contribution in [-0.4, -0.2) is 37.4 Å². The fraction of sp³-hybridized carbons (Fsp3) is 0.263. The number of rotatable bonds is 6. The highest BCUT2D eigenvalue weighted by Crippen LogP contribution is 2.13. The number of benzene rings is 2. The van der Waals surface area contributed by atoms with Crippen LogP contribution in [0.4, 0.5) is 5.69 Å². The first-order chi connectivity index (χ1) is 11.4. The lowest BCUT2D eigenvalue weighted by Gasteiger charge is -2.11. The molecule has 2 rings (SSSR count). The largest absolute Gasteiger partial charge is 0.484 e. The molecule has 0 aromatic heterocycles. The third kappa shape index (κ3) is 5.43. The molecule has 0 saturated heterocycles. The molecule has 0 aliphatic rings. The summed E-state index contributed by atoms with van der Waals surface area (Å²) in [5.74, 6) is 0.481. The van der Waals surface area contributed by atoms with Crippen LogP contribution in [0.5, 0.6) is 5.75 Å². The normalized spacial score (nSPS) is 10.1. The van der Waals surface area contributed by atoms with Crippen molar-refractivity contribution in [2.45, 2.75) is 13.3 Å². The van der Waals surface area contributed by atoms with Crippen molar-refractivity contribution in [3.05, 3.63) is 59.7 Å². The maximum Gasteiger partial charge on any atom is 0.262 e. The standard InChI is InChI=1S/C19H22N2O3/c1-14-5-4-6-17(11-14)24-13-18(22)20-16-9-7-15(8-10-16)12-19(23)21(2)3/h4-11H,12-13H2,1-3H3,(H,20,22). The highest BCUT2D eigenvalue weighted by molar-refractivity contribution is 5.92. The molecular weight excluding hydrogens is 304 g/mol. The minimum Gasteiger partial charge on any atom is -0.484 e. The van der Waals surface area contributed by atoms with Gasteiger partial charge in [-0.1, -0.05) is 24.3 Å². The first kappa shape index (κ1) is 17.5. The maximum atomic E-state index is 11.9. The van der Waals surface area contributed by atoms with E-state index in [4.69, 9.17) is 4.74 Å². The Kier molecular flexibility index (Phi) is 5.95. The van der Waals surface area contributed by atoms with E-state index in [-0.39, 0.29) is 18.4 Å². The predicted molar refractivity (Wildman–Crippen MR) is 94.1 cm³/mol. The molecule has 24 heavy (non-hydrogen) atoms. The summed E-state index contributed by atoms with van der Waals surface area (Å²) < 4.78 is 5.46. The van der Waals surface area contributed by atoms with Crippen LogP contribution >= 0.6 is 0 Å². The fourth-order valence-corrected chi connectivity index (χ4v) is 2.09. The van der Waals surface area contributed by atoms with E-state index in [1.54, 1.807) is 31.1 Å². The molecule has 5 nitrogen and oxygen atoms in total. The average Bonchev–Trinajstić information content (AvgIpc) is 2.55. The van der Waals surface area contributed by atoms with Crippen molar-refractivity contribution in [1.29, 1.82) is 0 Å². The second kappa shape index (κ2) is 8.15. The lowest BCUT2D eigenvalue weighted by molar-refractivity contribution is -0.128. The molecule has 0 bridgehead atoms. The van der Waals surface area contributed by atoms with Gasteiger partial charge in [0.2, 0.25) is 5.91 Å². The van der Waals surface area contributed by atoms with E-state index in [2.05, 4.69) is 5.32 Å². The molecule has 0 unspecified atom stereocenters. The Morgan fingerprint density at radius 3 is 2.42 bits per heavy atom. The van der Waals surface area contributed by atoms with Gasteiger partial charge in [0.1, 0.15) is 5.75 Å². The number of nitrogens with one attached hydrogen (secondary N) is 1. The zero-order valence-corrected chi connectivity index (χ0v) is 14.2. The summed E-state index contributed by atoms with van der Waals surface area (Å²) in [5, 5.41) is 2.77. The summed E-state index contributed by atoms with van der Waals surface area (Å²) in [6.45, 7) is 1.92. The number of anilines is 1. The van der Waals surface area contributed by atoms with E-state index in [1.807, 2.05) is 43.3 Å². The number of aryl methyl sites for hydroxylation is 1. The van der Waals surface area contributed by atoms with E-state index >= 15 is 0 Å². The van der Waals surface area contributed by atoms with Crippen LogP contribution in [0.25, 0.3) is 0 Å². The van der Waals surface area contributed by atoms with Gasteiger partial charge in [-0.2, -0.15) is 0 Å². The number of carbonyl (C=O) groups is 2. The molecule has 0 fully saturated rings. The molecule has 0 heterocycles. The number of nitrogens with zero attached hydrogens (tertiary/aromatic N) is 1. The zero-order chi connectivity index (χ0) is 17.5. The first-order valence-corrected chi connectivity index (χ1v) is 7.72. The maximum absolute atomic E-state index is 11.9. The Morgan fingerprint density at radius 1 is 1.08 bits per heavy atom. The fourth-order valence-electron chi connectivity index (χ4n) is 2.09. The molecule has 126 valence electrons. The number of likely N-dealkylation sites (N-methyl/N-ethyl adjacent to an activating group) is 1. The lowest BCUT2D eigenvalue weighted by Crippen LogP contribution is -2.23. The molecule has 1 N–H and O–H groups in total. The summed E-state index contributed by atoms with van der Waals surface area (Å²) in [4.78, 5) is 25.1. The first-order valence-electron chi connectivity index (χ1n) is 7.72. The average molecular weight is 326 g/mol. The zero-order valence-electron chi connectivity index (χ0n) is 14.2. The third-order valence-electron chi connectivity index (χ3n) is 3.45. The van der Waals surface area contributed by atoms with E-state index < -0.39 is 0 Å². The quantitative estimate of drug-likeness (QED) is 0.888. The number of hydrogen-bond acceptors (Lipinski definition) is 3. The molecule has 0 spiro atoms. The predicted octanol–water partition coefficient (Wildman–Crippen LogP) is 2.64. The van der Waals surface area contributed by atoms with Crippen LogP contribution in [0.1, 0.15) is 11.1 Å². The van der Waals surface area contributed by atoms with Gasteiger partial charge >= 0.3 is 0 Å². The van der Waals surface area contributed by atoms with Crippen molar-refractivity contribution in [2.75, 3.05) is 26.0 Å². The highest BCUT2D eigenvalue weighted by atomic mass is 16.5. The van der Waals surface area contributed by atoms with Crippen LogP contribution in [0, 0.1) is 6.92 Å². The van der Waals surface area contributed by atoms with Gasteiger partial charge in [0.15, 0.2) is 6.61 Å². The van der Waals surface area contributed by atoms with Crippen LogP contribution in [-0.2, 0) is 16.0 Å². The Hall–Kier alpha value is -2.82. The molecule has 0 saturated carbocycles. The van der Waals surface area contributed by atoms with Crippen molar-refractivity contribution in [2.24, 2.45) is 0 Å². The Balaban J connectivity index is 1.84. The van der Waals surface area contributed by atoms with Gasteiger partial charge in [-0.25, -0.2) is 0 Å². The molecule has 2 aromatic rings. The van der Waals surface area contributed by atoms with Crippen LogP contribution in [0.3, 0.4) is 0 Å². The van der Waals surface area contributed by atoms with E-state index in [9.17, 15) is 9.59 Å². The molecule has 0 aliphatic heterocycles. The monoisotopic (exact) mass is 326 g/mol. The van der Waals surface area contributed by atoms with Gasteiger partial charge in [-0.15, -0.1) is 0 Å². The van der Waals surface area contributed by atoms with Crippen molar-refractivity contribution >= 4 is 17.5 Å². The van der Waals surface area contributed by atoms with E-state index in [1.165, 1.54) is 0 Å². The van der Waals surface area contributed by atoms with Crippen LogP contribution < -0.4 is 10.1 Å². The summed E-state index contributed by atoms with van der Waals surface area (Å²) in [6, 6.07) is 14.8. The summed E-state index contributed by atoms with van der Waals surface area (Å²) in [7, 11) is 3.45. The second-order valence-corrected chi connectivity index (χ2v) is 5.82. The van der Waals surface area contributed by atoms with Crippen molar-refractivity contribution in [3.8, 4) is 5.75 Å². The summed E-state index contributed by atoms with van der Waals surface area (Å²) in [6.07, 6.45) is 0.345. The van der Waals surface area contributed by atoms with Gasteiger partial charge in [0.25, 0.3) is 5.91 Å². The molecular formula is C19H22N2O3. The number of amides is 2. The number of ether oxygens (including phenoxy) is 1. The molecule has 5 heteroatoms. The topological polar surface area (TPSA) is 58.6 Å².